The van der Waals surface area contributed by atoms with Crippen molar-refractivity contribution in [2.45, 2.75) is 51.1 Å². The molecule has 3 atom stereocenters. The monoisotopic (exact) mass is 507 g/mol. The van der Waals surface area contributed by atoms with E-state index in [9.17, 15) is 14.4 Å². The van der Waals surface area contributed by atoms with E-state index in [1.807, 2.05) is 15.9 Å². The fourth-order valence-electron chi connectivity index (χ4n) is 7.51. The number of fused-ring (bicyclic) bond motifs is 4. The lowest BCUT2D eigenvalue weighted by Gasteiger charge is -2.53. The predicted molar refractivity (Wildman–Crippen MR) is 141 cm³/mol. The van der Waals surface area contributed by atoms with Gasteiger partial charge in [-0.1, -0.05) is 30.3 Å². The Kier molecular flexibility index (Phi) is 7.10. The van der Waals surface area contributed by atoms with Crippen LogP contribution in [-0.2, 0) is 16.1 Å². The van der Waals surface area contributed by atoms with Crippen molar-refractivity contribution in [3.63, 3.8) is 0 Å². The van der Waals surface area contributed by atoms with Gasteiger partial charge in [0.1, 0.15) is 0 Å². The van der Waals surface area contributed by atoms with Crippen LogP contribution in [0.4, 0.5) is 4.79 Å². The highest BCUT2D eigenvalue weighted by Gasteiger charge is 2.45. The summed E-state index contributed by atoms with van der Waals surface area (Å²) in [5.41, 5.74) is 1.32. The number of amides is 4. The van der Waals surface area contributed by atoms with Gasteiger partial charge in [0, 0.05) is 83.8 Å². The fraction of sp³-hybridized carbons (Fsp3) is 0.690. The summed E-state index contributed by atoms with van der Waals surface area (Å²) in [4.78, 5) is 49.8. The molecule has 2 bridgehead atoms. The zero-order valence-corrected chi connectivity index (χ0v) is 22.0. The number of urea groups is 1. The first-order valence-corrected chi connectivity index (χ1v) is 14.4. The first kappa shape index (κ1) is 24.7. The van der Waals surface area contributed by atoms with Gasteiger partial charge in [0.25, 0.3) is 0 Å². The smallest absolute Gasteiger partial charge is 0.320 e. The molecule has 1 aromatic carbocycles. The zero-order valence-electron chi connectivity index (χ0n) is 22.0. The minimum atomic E-state index is 0.0345. The lowest BCUT2D eigenvalue weighted by molar-refractivity contribution is -0.144. The molecule has 200 valence electrons. The van der Waals surface area contributed by atoms with Crippen LogP contribution in [0.25, 0.3) is 0 Å². The van der Waals surface area contributed by atoms with E-state index < -0.39 is 0 Å². The van der Waals surface area contributed by atoms with Crippen LogP contribution in [0.1, 0.15) is 44.1 Å². The van der Waals surface area contributed by atoms with Crippen LogP contribution in [0.2, 0.25) is 0 Å². The number of benzene rings is 1. The van der Waals surface area contributed by atoms with Crippen LogP contribution >= 0.6 is 0 Å². The maximum Gasteiger partial charge on any atom is 0.320 e. The number of carbonyl (C=O) groups is 3. The highest BCUT2D eigenvalue weighted by molar-refractivity contribution is 5.80. The molecule has 5 aliphatic rings. The maximum absolute atomic E-state index is 13.4. The summed E-state index contributed by atoms with van der Waals surface area (Å²) in [6.45, 7) is 8.05. The Bertz CT molecular complexity index is 987. The SMILES string of the molecule is O=C(C1CCN(C(=O)N2C[C@@H]3C[C@H](C2)[C@H]2CCCC(=O)N2C3)CC1)N1CCN(Cc2ccccc2)CC1. The van der Waals surface area contributed by atoms with Crippen molar-refractivity contribution in [1.82, 2.24) is 24.5 Å². The second-order valence-electron chi connectivity index (χ2n) is 11.9. The molecule has 0 aliphatic carbocycles. The molecule has 5 aliphatic heterocycles. The van der Waals surface area contributed by atoms with Gasteiger partial charge in [0.2, 0.25) is 11.8 Å². The van der Waals surface area contributed by atoms with Crippen LogP contribution in [0.15, 0.2) is 30.3 Å². The average Bonchev–Trinajstić information content (AvgIpc) is 2.94. The molecule has 0 saturated carbocycles. The molecule has 1 aromatic rings. The van der Waals surface area contributed by atoms with Gasteiger partial charge in [-0.05, 0) is 49.5 Å². The molecule has 0 N–H and O–H groups in total. The number of nitrogens with zero attached hydrogens (tertiary/aromatic N) is 5. The molecule has 5 fully saturated rings. The largest absolute Gasteiger partial charge is 0.340 e. The van der Waals surface area contributed by atoms with Crippen molar-refractivity contribution in [3.8, 4) is 0 Å². The molecule has 8 nitrogen and oxygen atoms in total. The second-order valence-corrected chi connectivity index (χ2v) is 11.9. The molecule has 5 saturated heterocycles. The minimum Gasteiger partial charge on any atom is -0.340 e. The van der Waals surface area contributed by atoms with Gasteiger partial charge in [-0.25, -0.2) is 4.79 Å². The van der Waals surface area contributed by atoms with Gasteiger partial charge in [-0.15, -0.1) is 0 Å². The van der Waals surface area contributed by atoms with E-state index in [4.69, 9.17) is 0 Å². The summed E-state index contributed by atoms with van der Waals surface area (Å²) in [6.07, 6.45) is 5.43. The van der Waals surface area contributed by atoms with Crippen molar-refractivity contribution in [3.05, 3.63) is 35.9 Å². The summed E-state index contributed by atoms with van der Waals surface area (Å²) in [6, 6.07) is 11.0. The average molecular weight is 508 g/mol. The third-order valence-electron chi connectivity index (χ3n) is 9.50. The van der Waals surface area contributed by atoms with Crippen molar-refractivity contribution in [2.75, 3.05) is 58.9 Å². The van der Waals surface area contributed by atoms with E-state index >= 15 is 0 Å². The van der Waals surface area contributed by atoms with Gasteiger partial charge in [-0.2, -0.15) is 0 Å². The lowest BCUT2D eigenvalue weighted by atomic mass is 9.76. The van der Waals surface area contributed by atoms with E-state index in [1.165, 1.54) is 5.56 Å². The molecule has 37 heavy (non-hydrogen) atoms. The van der Waals surface area contributed by atoms with Crippen LogP contribution in [0.5, 0.6) is 0 Å². The molecule has 5 heterocycles. The van der Waals surface area contributed by atoms with E-state index in [0.717, 1.165) is 84.5 Å². The first-order valence-electron chi connectivity index (χ1n) is 14.4. The Balaban J connectivity index is 0.967. The Hall–Kier alpha value is -2.61. The Labute approximate surface area is 220 Å². The topological polar surface area (TPSA) is 67.4 Å². The summed E-state index contributed by atoms with van der Waals surface area (Å²) in [7, 11) is 0. The molecule has 4 amide bonds. The van der Waals surface area contributed by atoms with Crippen molar-refractivity contribution >= 4 is 17.8 Å². The van der Waals surface area contributed by atoms with Gasteiger partial charge in [-0.3, -0.25) is 14.5 Å². The third kappa shape index (κ3) is 5.22. The normalized spacial score (nSPS) is 29.3. The fourth-order valence-corrected chi connectivity index (χ4v) is 7.51. The Morgan fingerprint density at radius 2 is 1.57 bits per heavy atom. The van der Waals surface area contributed by atoms with Crippen LogP contribution in [0, 0.1) is 17.8 Å². The van der Waals surface area contributed by atoms with Gasteiger partial charge >= 0.3 is 6.03 Å². The van der Waals surface area contributed by atoms with E-state index in [2.05, 4.69) is 39.0 Å². The van der Waals surface area contributed by atoms with Crippen molar-refractivity contribution in [2.24, 2.45) is 17.8 Å². The number of likely N-dealkylation sites (tertiary alicyclic amines) is 2. The van der Waals surface area contributed by atoms with Gasteiger partial charge in [0.05, 0.1) is 0 Å². The quantitative estimate of drug-likeness (QED) is 0.631. The molecule has 0 radical (unpaired) electrons. The second kappa shape index (κ2) is 10.6. The molecule has 0 unspecified atom stereocenters. The number of piperidine rings is 4. The Morgan fingerprint density at radius 1 is 0.811 bits per heavy atom. The van der Waals surface area contributed by atoms with Crippen LogP contribution in [0.3, 0.4) is 0 Å². The maximum atomic E-state index is 13.4. The molecular weight excluding hydrogens is 466 g/mol. The summed E-state index contributed by atoms with van der Waals surface area (Å²) >= 11 is 0. The van der Waals surface area contributed by atoms with Gasteiger partial charge in [0.15, 0.2) is 0 Å². The zero-order chi connectivity index (χ0) is 25.4. The van der Waals surface area contributed by atoms with Crippen molar-refractivity contribution in [1.29, 1.82) is 0 Å². The van der Waals surface area contributed by atoms with E-state index in [1.54, 1.807) is 0 Å². The van der Waals surface area contributed by atoms with Crippen LogP contribution in [-0.4, -0.2) is 107 Å². The van der Waals surface area contributed by atoms with Crippen molar-refractivity contribution < 1.29 is 14.4 Å². The number of carbonyl (C=O) groups excluding carboxylic acids is 3. The molecular formula is C29H41N5O3. The summed E-state index contributed by atoms with van der Waals surface area (Å²) < 4.78 is 0. The van der Waals surface area contributed by atoms with E-state index in [-0.39, 0.29) is 17.9 Å². The minimum absolute atomic E-state index is 0.0345. The highest BCUT2D eigenvalue weighted by Crippen LogP contribution is 2.38. The number of rotatable bonds is 3. The Morgan fingerprint density at radius 3 is 2.32 bits per heavy atom. The number of hydrogen-bond acceptors (Lipinski definition) is 4. The first-order chi connectivity index (χ1) is 18.0. The summed E-state index contributed by atoms with van der Waals surface area (Å²) in [5.74, 6) is 1.45. The molecule has 0 spiro atoms. The standard InChI is InChI=1S/C29H41N5O3/c35-27-8-4-7-26-25-17-23(20-34(26)27)19-33(21-25)29(37)32-11-9-24(10-12-32)28(36)31-15-13-30(14-16-31)18-22-5-2-1-3-6-22/h1-3,5-6,23-26H,4,7-21H2/t23-,25+,26+/m0/s1. The van der Waals surface area contributed by atoms with Gasteiger partial charge < -0.3 is 19.6 Å². The molecule has 0 aromatic heterocycles. The predicted octanol–water partition coefficient (Wildman–Crippen LogP) is 2.50. The third-order valence-corrected chi connectivity index (χ3v) is 9.50. The molecule has 6 rings (SSSR count). The van der Waals surface area contributed by atoms with E-state index in [0.29, 0.717) is 43.3 Å². The number of hydrogen-bond donors (Lipinski definition) is 0. The summed E-state index contributed by atoms with van der Waals surface area (Å²) in [5, 5.41) is 0. The van der Waals surface area contributed by atoms with Crippen LogP contribution < -0.4 is 0 Å². The highest BCUT2D eigenvalue weighted by atomic mass is 16.2. The lowest BCUT2D eigenvalue weighted by Crippen LogP contribution is -2.62. The number of piperazine rings is 1. The molecule has 8 heteroatoms.